The van der Waals surface area contributed by atoms with Gasteiger partial charge < -0.3 is 5.32 Å². The number of benzene rings is 1. The topological polar surface area (TPSA) is 59.1 Å². The molecule has 21 heavy (non-hydrogen) atoms. The van der Waals surface area contributed by atoms with Crippen LogP contribution in [0.3, 0.4) is 0 Å². The van der Waals surface area contributed by atoms with E-state index in [9.17, 15) is 8.42 Å². The molecular formula is C16H22N2O2S. The lowest BCUT2D eigenvalue weighted by Gasteiger charge is -2.24. The molecule has 1 aromatic carbocycles. The van der Waals surface area contributed by atoms with Crippen molar-refractivity contribution in [1.29, 1.82) is 0 Å². The van der Waals surface area contributed by atoms with Crippen molar-refractivity contribution in [2.24, 2.45) is 0 Å². The Morgan fingerprint density at radius 2 is 1.95 bits per heavy atom. The van der Waals surface area contributed by atoms with Crippen LogP contribution >= 0.6 is 0 Å². The molecule has 2 rings (SSSR count). The first-order valence-corrected chi connectivity index (χ1v) is 9.08. The lowest BCUT2D eigenvalue weighted by molar-refractivity contribution is 0.513. The van der Waals surface area contributed by atoms with E-state index in [1.807, 2.05) is 44.2 Å². The van der Waals surface area contributed by atoms with Crippen LogP contribution < -0.4 is 5.32 Å². The largest absolute Gasteiger partial charge is 0.309 e. The van der Waals surface area contributed by atoms with Gasteiger partial charge in [-0.25, -0.2) is 8.42 Å². The van der Waals surface area contributed by atoms with Crippen LogP contribution in [0.25, 0.3) is 10.9 Å². The zero-order valence-corrected chi connectivity index (χ0v) is 13.7. The summed E-state index contributed by atoms with van der Waals surface area (Å²) in [5, 5.41) is 3.83. The summed E-state index contributed by atoms with van der Waals surface area (Å²) in [6.45, 7) is 6.41. The normalized spacial score (nSPS) is 15.0. The van der Waals surface area contributed by atoms with Crippen LogP contribution in [-0.4, -0.2) is 31.5 Å². The highest BCUT2D eigenvalue weighted by molar-refractivity contribution is 7.91. The molecule has 0 spiro atoms. The summed E-state index contributed by atoms with van der Waals surface area (Å²) in [5.74, 6) is 0. The lowest BCUT2D eigenvalue weighted by atomic mass is 10.0. The van der Waals surface area contributed by atoms with E-state index >= 15 is 0 Å². The first-order chi connectivity index (χ1) is 9.82. The quantitative estimate of drug-likeness (QED) is 0.922. The summed E-state index contributed by atoms with van der Waals surface area (Å²) in [6.07, 6.45) is 1.29. The van der Waals surface area contributed by atoms with Gasteiger partial charge >= 0.3 is 0 Å². The number of pyridine rings is 1. The molecule has 2 aromatic rings. The van der Waals surface area contributed by atoms with E-state index in [0.717, 1.165) is 22.2 Å². The van der Waals surface area contributed by atoms with Crippen LogP contribution in [0.5, 0.6) is 0 Å². The molecule has 0 aliphatic carbocycles. The van der Waals surface area contributed by atoms with Crippen LogP contribution in [0.4, 0.5) is 0 Å². The second-order valence-corrected chi connectivity index (χ2v) is 7.88. The molecule has 0 fully saturated rings. The average molecular weight is 306 g/mol. The lowest BCUT2D eigenvalue weighted by Crippen LogP contribution is -2.34. The van der Waals surface area contributed by atoms with Gasteiger partial charge in [0.15, 0.2) is 9.84 Å². The molecule has 0 amide bonds. The fourth-order valence-electron chi connectivity index (χ4n) is 2.46. The number of rotatable bonds is 5. The van der Waals surface area contributed by atoms with E-state index in [1.54, 1.807) is 6.92 Å². The van der Waals surface area contributed by atoms with Gasteiger partial charge in [-0.15, -0.1) is 0 Å². The highest BCUT2D eigenvalue weighted by Gasteiger charge is 2.26. The van der Waals surface area contributed by atoms with Crippen molar-refractivity contribution < 1.29 is 8.42 Å². The van der Waals surface area contributed by atoms with E-state index < -0.39 is 15.1 Å². The number of fused-ring (bicyclic) bond motifs is 1. The van der Waals surface area contributed by atoms with Gasteiger partial charge in [-0.1, -0.05) is 19.1 Å². The van der Waals surface area contributed by atoms with Gasteiger partial charge in [0.05, 0.1) is 10.8 Å². The summed E-state index contributed by atoms with van der Waals surface area (Å²) in [5.41, 5.74) is 2.89. The third-order valence-electron chi connectivity index (χ3n) is 3.78. The summed E-state index contributed by atoms with van der Waals surface area (Å²) in [4.78, 5) is 4.48. The van der Waals surface area contributed by atoms with E-state index in [-0.39, 0.29) is 6.04 Å². The van der Waals surface area contributed by atoms with Gasteiger partial charge in [-0.05, 0) is 44.2 Å². The molecule has 2 unspecified atom stereocenters. The number of aryl methyl sites for hydroxylation is 1. The van der Waals surface area contributed by atoms with Crippen LogP contribution in [0.1, 0.15) is 31.1 Å². The molecule has 2 atom stereocenters. The molecule has 1 N–H and O–H groups in total. The predicted octanol–water partition coefficient (Wildman–Crippen LogP) is 2.63. The Bertz CT molecular complexity index is 741. The van der Waals surface area contributed by atoms with Gasteiger partial charge in [0.1, 0.15) is 0 Å². The second-order valence-electron chi connectivity index (χ2n) is 5.47. The van der Waals surface area contributed by atoms with Gasteiger partial charge in [0.25, 0.3) is 0 Å². The zero-order valence-electron chi connectivity index (χ0n) is 12.9. The number of hydrogen-bond donors (Lipinski definition) is 1. The van der Waals surface area contributed by atoms with Crippen LogP contribution in [-0.2, 0) is 9.84 Å². The molecule has 0 bridgehead atoms. The maximum absolute atomic E-state index is 11.9. The standard InChI is InChI=1S/C16H22N2O2S/c1-5-17-16(12(3)21(4,19)20)14-8-9-15-13(10-14)7-6-11(2)18-15/h6-10,12,16-17H,5H2,1-4H3. The van der Waals surface area contributed by atoms with E-state index in [0.29, 0.717) is 6.54 Å². The number of nitrogens with one attached hydrogen (secondary N) is 1. The Morgan fingerprint density at radius 3 is 2.57 bits per heavy atom. The third kappa shape index (κ3) is 3.60. The fourth-order valence-corrected chi connectivity index (χ4v) is 3.21. The highest BCUT2D eigenvalue weighted by Crippen LogP contribution is 2.25. The Hall–Kier alpha value is -1.46. The number of sulfone groups is 1. The monoisotopic (exact) mass is 306 g/mol. The molecule has 1 heterocycles. The smallest absolute Gasteiger partial charge is 0.151 e. The zero-order chi connectivity index (χ0) is 15.6. The van der Waals surface area contributed by atoms with Gasteiger partial charge in [0.2, 0.25) is 0 Å². The highest BCUT2D eigenvalue weighted by atomic mass is 32.2. The van der Waals surface area contributed by atoms with Crippen molar-refractivity contribution in [2.75, 3.05) is 12.8 Å². The molecule has 0 saturated heterocycles. The number of hydrogen-bond acceptors (Lipinski definition) is 4. The maximum atomic E-state index is 11.9. The Labute approximate surface area is 126 Å². The van der Waals surface area contributed by atoms with Gasteiger partial charge in [-0.3, -0.25) is 4.98 Å². The molecule has 0 aliphatic rings. The van der Waals surface area contributed by atoms with Gasteiger partial charge in [0, 0.05) is 23.4 Å². The van der Waals surface area contributed by atoms with Crippen molar-refractivity contribution in [1.82, 2.24) is 10.3 Å². The first kappa shape index (κ1) is 15.9. The van der Waals surface area contributed by atoms with Crippen molar-refractivity contribution in [3.8, 4) is 0 Å². The van der Waals surface area contributed by atoms with Crippen molar-refractivity contribution in [3.05, 3.63) is 41.6 Å². The van der Waals surface area contributed by atoms with Crippen LogP contribution in [0.15, 0.2) is 30.3 Å². The predicted molar refractivity (Wildman–Crippen MR) is 87.2 cm³/mol. The molecule has 1 aromatic heterocycles. The average Bonchev–Trinajstić information content (AvgIpc) is 2.42. The number of aromatic nitrogens is 1. The molecule has 0 saturated carbocycles. The molecule has 0 aliphatic heterocycles. The SMILES string of the molecule is CCNC(c1ccc2nc(C)ccc2c1)C(C)S(C)(=O)=O. The molecule has 4 nitrogen and oxygen atoms in total. The van der Waals surface area contributed by atoms with Crippen molar-refractivity contribution in [2.45, 2.75) is 32.1 Å². The summed E-state index contributed by atoms with van der Waals surface area (Å²) >= 11 is 0. The molecule has 0 radical (unpaired) electrons. The second kappa shape index (κ2) is 6.12. The van der Waals surface area contributed by atoms with E-state index in [2.05, 4.69) is 10.3 Å². The third-order valence-corrected chi connectivity index (χ3v) is 5.40. The fraction of sp³-hybridized carbons (Fsp3) is 0.438. The Balaban J connectivity index is 2.47. The molecule has 114 valence electrons. The maximum Gasteiger partial charge on any atom is 0.151 e. The molecular weight excluding hydrogens is 284 g/mol. The van der Waals surface area contributed by atoms with Crippen LogP contribution in [0, 0.1) is 6.92 Å². The van der Waals surface area contributed by atoms with Crippen molar-refractivity contribution in [3.63, 3.8) is 0 Å². The van der Waals surface area contributed by atoms with Crippen LogP contribution in [0.2, 0.25) is 0 Å². The Morgan fingerprint density at radius 1 is 1.24 bits per heavy atom. The summed E-state index contributed by atoms with van der Waals surface area (Å²) in [7, 11) is -3.11. The van der Waals surface area contributed by atoms with E-state index in [1.165, 1.54) is 6.26 Å². The minimum atomic E-state index is -3.11. The molecule has 5 heteroatoms. The summed E-state index contributed by atoms with van der Waals surface area (Å²) < 4.78 is 23.8. The van der Waals surface area contributed by atoms with Gasteiger partial charge in [-0.2, -0.15) is 0 Å². The minimum absolute atomic E-state index is 0.212. The minimum Gasteiger partial charge on any atom is -0.309 e. The van der Waals surface area contributed by atoms with E-state index in [4.69, 9.17) is 0 Å². The number of nitrogens with zero attached hydrogens (tertiary/aromatic N) is 1. The summed E-state index contributed by atoms with van der Waals surface area (Å²) in [6, 6.07) is 9.72. The Kier molecular flexibility index (Phi) is 4.64. The van der Waals surface area contributed by atoms with Crippen molar-refractivity contribution >= 4 is 20.7 Å². The first-order valence-electron chi connectivity index (χ1n) is 7.12.